The minimum atomic E-state index is 0.0288. The molecule has 24 heavy (non-hydrogen) atoms. The van der Waals surface area contributed by atoms with E-state index >= 15 is 0 Å². The third kappa shape index (κ3) is 3.79. The lowest BCUT2D eigenvalue weighted by molar-refractivity contribution is -0.119. The van der Waals surface area contributed by atoms with Gasteiger partial charge in [-0.15, -0.1) is 0 Å². The van der Waals surface area contributed by atoms with Crippen LogP contribution in [-0.4, -0.2) is 62.3 Å². The summed E-state index contributed by atoms with van der Waals surface area (Å²) in [6.45, 7) is 8.41. The fourth-order valence-electron chi connectivity index (χ4n) is 3.88. The first-order valence-corrected chi connectivity index (χ1v) is 9.14. The molecule has 0 unspecified atom stereocenters. The first-order chi connectivity index (χ1) is 11.7. The lowest BCUT2D eigenvalue weighted by Gasteiger charge is -2.50. The third-order valence-electron chi connectivity index (χ3n) is 5.34. The average Bonchev–Trinajstić information content (AvgIpc) is 2.68. The van der Waals surface area contributed by atoms with Crippen molar-refractivity contribution in [1.82, 2.24) is 10.2 Å². The molecule has 5 heteroatoms. The van der Waals surface area contributed by atoms with Crippen LogP contribution in [0.5, 0.6) is 0 Å². The van der Waals surface area contributed by atoms with Gasteiger partial charge in [0.05, 0.1) is 0 Å². The van der Waals surface area contributed by atoms with Gasteiger partial charge < -0.3 is 15.0 Å². The van der Waals surface area contributed by atoms with E-state index in [0.717, 1.165) is 64.5 Å². The van der Waals surface area contributed by atoms with Gasteiger partial charge in [0.25, 0.3) is 0 Å². The summed E-state index contributed by atoms with van der Waals surface area (Å²) in [5.41, 5.74) is 1.03. The van der Waals surface area contributed by atoms with Gasteiger partial charge in [0, 0.05) is 63.6 Å². The number of hydrogen-bond acceptors (Lipinski definition) is 4. The van der Waals surface area contributed by atoms with E-state index in [1.165, 1.54) is 0 Å². The Labute approximate surface area is 145 Å². The molecule has 1 amide bonds. The van der Waals surface area contributed by atoms with Crippen LogP contribution in [0.25, 0.3) is 0 Å². The summed E-state index contributed by atoms with van der Waals surface area (Å²) in [5.74, 6) is 0.196. The molecule has 2 fully saturated rings. The Kier molecular flexibility index (Phi) is 5.87. The molecule has 1 aromatic rings. The van der Waals surface area contributed by atoms with Crippen LogP contribution in [0.2, 0.25) is 0 Å². The maximum Gasteiger partial charge on any atom is 0.226 e. The third-order valence-corrected chi connectivity index (χ3v) is 5.34. The topological polar surface area (TPSA) is 44.8 Å². The lowest BCUT2D eigenvalue weighted by Crippen LogP contribution is -2.63. The summed E-state index contributed by atoms with van der Waals surface area (Å²) >= 11 is 0. The summed E-state index contributed by atoms with van der Waals surface area (Å²) in [4.78, 5) is 17.3. The van der Waals surface area contributed by atoms with Gasteiger partial charge >= 0.3 is 0 Å². The number of hydrogen-bond donors (Lipinski definition) is 1. The number of ether oxygens (including phenoxy) is 1. The molecule has 2 aliphatic rings. The number of anilines is 1. The molecule has 1 N–H and O–H groups in total. The van der Waals surface area contributed by atoms with Gasteiger partial charge in [-0.25, -0.2) is 0 Å². The fourth-order valence-corrected chi connectivity index (χ4v) is 3.88. The van der Waals surface area contributed by atoms with Crippen molar-refractivity contribution >= 4 is 11.6 Å². The summed E-state index contributed by atoms with van der Waals surface area (Å²) in [5, 5.41) is 3.44. The van der Waals surface area contributed by atoms with Gasteiger partial charge in [0.1, 0.15) is 0 Å². The van der Waals surface area contributed by atoms with Crippen molar-refractivity contribution in [3.8, 4) is 0 Å². The molecule has 0 radical (unpaired) electrons. The number of carbonyl (C=O) groups is 1. The number of para-hydroxylation sites is 1. The predicted molar refractivity (Wildman–Crippen MR) is 96.3 cm³/mol. The molecule has 3 rings (SSSR count). The van der Waals surface area contributed by atoms with E-state index in [4.69, 9.17) is 4.74 Å². The number of carbonyl (C=O) groups excluding carboxylic acids is 1. The van der Waals surface area contributed by atoms with E-state index in [1.54, 1.807) is 0 Å². The van der Waals surface area contributed by atoms with Crippen molar-refractivity contribution in [2.75, 3.05) is 50.8 Å². The molecule has 1 aromatic carbocycles. The second kappa shape index (κ2) is 8.10. The van der Waals surface area contributed by atoms with Crippen LogP contribution < -0.4 is 10.2 Å². The Bertz CT molecular complexity index is 523. The normalized spacial score (nSPS) is 21.4. The molecular formula is C19H29N3O2. The molecule has 2 aliphatic heterocycles. The quantitative estimate of drug-likeness (QED) is 0.895. The Morgan fingerprint density at radius 3 is 2.50 bits per heavy atom. The van der Waals surface area contributed by atoms with Crippen molar-refractivity contribution in [2.45, 2.75) is 31.7 Å². The summed E-state index contributed by atoms with van der Waals surface area (Å²) in [6.07, 6.45) is 2.52. The zero-order valence-corrected chi connectivity index (χ0v) is 14.7. The Hall–Kier alpha value is -1.43. The van der Waals surface area contributed by atoms with E-state index in [9.17, 15) is 4.79 Å². The fraction of sp³-hybridized carbons (Fsp3) is 0.632. The zero-order chi connectivity index (χ0) is 16.8. The minimum Gasteiger partial charge on any atom is -0.381 e. The Morgan fingerprint density at radius 1 is 1.21 bits per heavy atom. The van der Waals surface area contributed by atoms with Crippen molar-refractivity contribution in [2.24, 2.45) is 0 Å². The van der Waals surface area contributed by atoms with E-state index in [2.05, 4.69) is 10.2 Å². The highest BCUT2D eigenvalue weighted by Gasteiger charge is 2.41. The van der Waals surface area contributed by atoms with Crippen LogP contribution >= 0.6 is 0 Å². The second-order valence-electron chi connectivity index (χ2n) is 6.74. The molecular weight excluding hydrogens is 302 g/mol. The summed E-state index contributed by atoms with van der Waals surface area (Å²) in [7, 11) is 0. The van der Waals surface area contributed by atoms with Gasteiger partial charge in [0.2, 0.25) is 5.91 Å². The maximum absolute atomic E-state index is 12.7. The molecule has 0 aliphatic carbocycles. The SMILES string of the molecule is CCC(=O)N(CC1(N2CCNCC2)CCOCC1)c1ccccc1. The molecule has 5 nitrogen and oxygen atoms in total. The van der Waals surface area contributed by atoms with Gasteiger partial charge in [-0.3, -0.25) is 9.69 Å². The van der Waals surface area contributed by atoms with Gasteiger partial charge in [-0.1, -0.05) is 25.1 Å². The van der Waals surface area contributed by atoms with Crippen LogP contribution in [0.15, 0.2) is 30.3 Å². The largest absolute Gasteiger partial charge is 0.381 e. The van der Waals surface area contributed by atoms with Crippen LogP contribution in [0.1, 0.15) is 26.2 Å². The molecule has 2 heterocycles. The van der Waals surface area contributed by atoms with Crippen LogP contribution in [0, 0.1) is 0 Å². The number of benzene rings is 1. The monoisotopic (exact) mass is 331 g/mol. The zero-order valence-electron chi connectivity index (χ0n) is 14.7. The first kappa shape index (κ1) is 17.4. The Balaban J connectivity index is 1.86. The Morgan fingerprint density at radius 2 is 1.88 bits per heavy atom. The highest BCUT2D eigenvalue weighted by Crippen LogP contribution is 2.31. The van der Waals surface area contributed by atoms with Crippen LogP contribution in [-0.2, 0) is 9.53 Å². The average molecular weight is 331 g/mol. The predicted octanol–water partition coefficient (Wildman–Crippen LogP) is 1.88. The second-order valence-corrected chi connectivity index (χ2v) is 6.74. The minimum absolute atomic E-state index is 0.0288. The van der Waals surface area contributed by atoms with Crippen molar-refractivity contribution in [3.05, 3.63) is 30.3 Å². The summed E-state index contributed by atoms with van der Waals surface area (Å²) < 4.78 is 5.64. The van der Waals surface area contributed by atoms with Crippen molar-refractivity contribution in [3.63, 3.8) is 0 Å². The molecule has 2 saturated heterocycles. The highest BCUT2D eigenvalue weighted by molar-refractivity contribution is 5.93. The molecule has 0 saturated carbocycles. The number of piperazine rings is 1. The molecule has 132 valence electrons. The number of nitrogens with one attached hydrogen (secondary N) is 1. The van der Waals surface area contributed by atoms with Crippen molar-refractivity contribution < 1.29 is 9.53 Å². The standard InChI is InChI=1S/C19H29N3O2/c1-2-18(23)22(17-6-4-3-5-7-17)16-19(8-14-24-15-9-19)21-12-10-20-11-13-21/h3-7,20H,2,8-16H2,1H3. The van der Waals surface area contributed by atoms with E-state index in [-0.39, 0.29) is 11.4 Å². The number of amides is 1. The van der Waals surface area contributed by atoms with E-state index in [1.807, 2.05) is 42.2 Å². The van der Waals surface area contributed by atoms with Crippen LogP contribution in [0.4, 0.5) is 5.69 Å². The highest BCUT2D eigenvalue weighted by atomic mass is 16.5. The number of rotatable bonds is 5. The number of nitrogens with zero attached hydrogens (tertiary/aromatic N) is 2. The van der Waals surface area contributed by atoms with Crippen LogP contribution in [0.3, 0.4) is 0 Å². The summed E-state index contributed by atoms with van der Waals surface area (Å²) in [6, 6.07) is 10.1. The van der Waals surface area contributed by atoms with Gasteiger partial charge in [0.15, 0.2) is 0 Å². The smallest absolute Gasteiger partial charge is 0.226 e. The maximum atomic E-state index is 12.7. The molecule has 0 atom stereocenters. The van der Waals surface area contributed by atoms with Gasteiger partial charge in [-0.05, 0) is 25.0 Å². The lowest BCUT2D eigenvalue weighted by atomic mass is 9.86. The van der Waals surface area contributed by atoms with Gasteiger partial charge in [-0.2, -0.15) is 0 Å². The molecule has 0 aromatic heterocycles. The van der Waals surface area contributed by atoms with E-state index < -0.39 is 0 Å². The molecule has 0 bridgehead atoms. The molecule has 0 spiro atoms. The first-order valence-electron chi connectivity index (χ1n) is 9.14. The van der Waals surface area contributed by atoms with E-state index in [0.29, 0.717) is 6.42 Å². The van der Waals surface area contributed by atoms with Crippen molar-refractivity contribution in [1.29, 1.82) is 0 Å².